The van der Waals surface area contributed by atoms with E-state index in [1.54, 1.807) is 12.1 Å². The Hall–Kier alpha value is -3.15. The second kappa shape index (κ2) is 6.09. The van der Waals surface area contributed by atoms with E-state index in [4.69, 9.17) is 14.4 Å². The lowest BCUT2D eigenvalue weighted by Gasteiger charge is -2.02. The Morgan fingerprint density at radius 2 is 1.82 bits per heavy atom. The zero-order chi connectivity index (χ0) is 15.4. The number of carboxylic acids is 1. The standard InChI is InChI=1S/C16H12N2O4/c19-16(20)12-6-8-13(9-7-12)21-10-14-17-15(18-22-14)11-4-2-1-3-5-11/h1-9H,10H2,(H,19,20). The molecule has 0 unspecified atom stereocenters. The Morgan fingerprint density at radius 1 is 1.09 bits per heavy atom. The first-order valence-electron chi connectivity index (χ1n) is 6.56. The van der Waals surface area contributed by atoms with E-state index in [9.17, 15) is 4.79 Å². The summed E-state index contributed by atoms with van der Waals surface area (Å²) >= 11 is 0. The third-order valence-corrected chi connectivity index (χ3v) is 2.96. The van der Waals surface area contributed by atoms with E-state index in [1.807, 2.05) is 30.3 Å². The molecule has 0 spiro atoms. The summed E-state index contributed by atoms with van der Waals surface area (Å²) in [6, 6.07) is 15.6. The van der Waals surface area contributed by atoms with Crippen molar-refractivity contribution < 1.29 is 19.2 Å². The van der Waals surface area contributed by atoms with Crippen LogP contribution in [0.25, 0.3) is 11.4 Å². The van der Waals surface area contributed by atoms with Crippen LogP contribution in [0.1, 0.15) is 16.2 Å². The van der Waals surface area contributed by atoms with Crippen LogP contribution in [0.5, 0.6) is 5.75 Å². The number of ether oxygens (including phenoxy) is 1. The largest absolute Gasteiger partial charge is 0.484 e. The van der Waals surface area contributed by atoms with Crippen molar-refractivity contribution in [2.24, 2.45) is 0 Å². The van der Waals surface area contributed by atoms with Crippen molar-refractivity contribution in [3.05, 3.63) is 66.1 Å². The van der Waals surface area contributed by atoms with Crippen LogP contribution in [-0.2, 0) is 6.61 Å². The number of carbonyl (C=O) groups is 1. The van der Waals surface area contributed by atoms with Gasteiger partial charge in [-0.1, -0.05) is 35.5 Å². The van der Waals surface area contributed by atoms with Gasteiger partial charge in [0.1, 0.15) is 5.75 Å². The molecule has 0 atom stereocenters. The van der Waals surface area contributed by atoms with Gasteiger partial charge < -0.3 is 14.4 Å². The monoisotopic (exact) mass is 296 g/mol. The minimum absolute atomic E-state index is 0.117. The van der Waals surface area contributed by atoms with Crippen LogP contribution in [0.3, 0.4) is 0 Å². The maximum Gasteiger partial charge on any atom is 0.335 e. The molecule has 2 aromatic carbocycles. The average molecular weight is 296 g/mol. The first-order valence-corrected chi connectivity index (χ1v) is 6.56. The van der Waals surface area contributed by atoms with Crippen LogP contribution in [0.4, 0.5) is 0 Å². The van der Waals surface area contributed by atoms with E-state index in [0.717, 1.165) is 5.56 Å². The summed E-state index contributed by atoms with van der Waals surface area (Å²) in [4.78, 5) is 15.0. The molecule has 0 fully saturated rings. The molecule has 6 nitrogen and oxygen atoms in total. The SMILES string of the molecule is O=C(O)c1ccc(OCc2nc(-c3ccccc3)no2)cc1. The lowest BCUT2D eigenvalue weighted by atomic mass is 10.2. The topological polar surface area (TPSA) is 85.5 Å². The van der Waals surface area contributed by atoms with Gasteiger partial charge in [-0.2, -0.15) is 4.98 Å². The van der Waals surface area contributed by atoms with Gasteiger partial charge in [0.25, 0.3) is 5.89 Å². The normalized spacial score (nSPS) is 10.4. The molecule has 0 amide bonds. The summed E-state index contributed by atoms with van der Waals surface area (Å²) in [6.45, 7) is 0.117. The van der Waals surface area contributed by atoms with E-state index < -0.39 is 5.97 Å². The predicted octanol–water partition coefficient (Wildman–Crippen LogP) is 3.01. The number of rotatable bonds is 5. The Labute approximate surface area is 126 Å². The van der Waals surface area contributed by atoms with E-state index in [-0.39, 0.29) is 12.2 Å². The van der Waals surface area contributed by atoms with Crippen LogP contribution in [0.15, 0.2) is 59.1 Å². The molecule has 1 heterocycles. The number of carboxylic acid groups (broad SMARTS) is 1. The highest BCUT2D eigenvalue weighted by molar-refractivity contribution is 5.87. The molecule has 0 aliphatic carbocycles. The molecular formula is C16H12N2O4. The van der Waals surface area contributed by atoms with Gasteiger partial charge in [0.15, 0.2) is 6.61 Å². The van der Waals surface area contributed by atoms with Gasteiger partial charge in [-0.05, 0) is 24.3 Å². The molecule has 0 saturated heterocycles. The first kappa shape index (κ1) is 13.8. The minimum Gasteiger partial charge on any atom is -0.484 e. The predicted molar refractivity (Wildman–Crippen MR) is 77.5 cm³/mol. The second-order valence-electron chi connectivity index (χ2n) is 4.50. The number of aromatic nitrogens is 2. The minimum atomic E-state index is -0.976. The summed E-state index contributed by atoms with van der Waals surface area (Å²) in [5.41, 5.74) is 1.07. The Balaban J connectivity index is 1.65. The smallest absolute Gasteiger partial charge is 0.335 e. The van der Waals surface area contributed by atoms with Gasteiger partial charge in [0.05, 0.1) is 5.56 Å². The number of hydrogen-bond donors (Lipinski definition) is 1. The molecule has 0 radical (unpaired) electrons. The highest BCUT2D eigenvalue weighted by Crippen LogP contribution is 2.17. The lowest BCUT2D eigenvalue weighted by Crippen LogP contribution is -1.98. The second-order valence-corrected chi connectivity index (χ2v) is 4.50. The van der Waals surface area contributed by atoms with Gasteiger partial charge in [0, 0.05) is 5.56 Å². The van der Waals surface area contributed by atoms with Gasteiger partial charge in [-0.15, -0.1) is 0 Å². The quantitative estimate of drug-likeness (QED) is 0.779. The zero-order valence-corrected chi connectivity index (χ0v) is 11.5. The van der Waals surface area contributed by atoms with Gasteiger partial charge in [0.2, 0.25) is 5.82 Å². The molecule has 0 saturated carbocycles. The number of benzene rings is 2. The van der Waals surface area contributed by atoms with Crippen molar-refractivity contribution in [1.29, 1.82) is 0 Å². The fourth-order valence-corrected chi connectivity index (χ4v) is 1.86. The highest BCUT2D eigenvalue weighted by Gasteiger charge is 2.09. The molecule has 1 N–H and O–H groups in total. The molecule has 3 rings (SSSR count). The van der Waals surface area contributed by atoms with Gasteiger partial charge >= 0.3 is 5.97 Å². The van der Waals surface area contributed by atoms with Crippen molar-refractivity contribution in [2.75, 3.05) is 0 Å². The molecule has 0 aliphatic heterocycles. The number of nitrogens with zero attached hydrogens (tertiary/aromatic N) is 2. The molecule has 0 bridgehead atoms. The van der Waals surface area contributed by atoms with Crippen molar-refractivity contribution in [3.8, 4) is 17.1 Å². The van der Waals surface area contributed by atoms with Crippen LogP contribution in [0.2, 0.25) is 0 Å². The van der Waals surface area contributed by atoms with Crippen LogP contribution in [-0.4, -0.2) is 21.2 Å². The number of hydrogen-bond acceptors (Lipinski definition) is 5. The van der Waals surface area contributed by atoms with Crippen molar-refractivity contribution in [3.63, 3.8) is 0 Å². The summed E-state index contributed by atoms with van der Waals surface area (Å²) in [6.07, 6.45) is 0. The molecular weight excluding hydrogens is 284 g/mol. The van der Waals surface area contributed by atoms with Crippen molar-refractivity contribution in [2.45, 2.75) is 6.61 Å². The van der Waals surface area contributed by atoms with Crippen LogP contribution in [0, 0.1) is 0 Å². The molecule has 3 aromatic rings. The Bertz CT molecular complexity index is 766. The highest BCUT2D eigenvalue weighted by atomic mass is 16.5. The Morgan fingerprint density at radius 3 is 2.50 bits per heavy atom. The Kier molecular flexibility index (Phi) is 3.82. The fraction of sp³-hybridized carbons (Fsp3) is 0.0625. The fourth-order valence-electron chi connectivity index (χ4n) is 1.86. The van der Waals surface area contributed by atoms with Gasteiger partial charge in [-0.3, -0.25) is 0 Å². The maximum atomic E-state index is 10.8. The molecule has 0 aliphatic rings. The van der Waals surface area contributed by atoms with Crippen molar-refractivity contribution in [1.82, 2.24) is 10.1 Å². The molecule has 110 valence electrons. The van der Waals surface area contributed by atoms with E-state index in [2.05, 4.69) is 10.1 Å². The third kappa shape index (κ3) is 3.12. The first-order chi connectivity index (χ1) is 10.7. The summed E-state index contributed by atoms with van der Waals surface area (Å²) in [7, 11) is 0. The van der Waals surface area contributed by atoms with Crippen molar-refractivity contribution >= 4 is 5.97 Å². The van der Waals surface area contributed by atoms with Gasteiger partial charge in [-0.25, -0.2) is 4.79 Å². The van der Waals surface area contributed by atoms with Crippen LogP contribution >= 0.6 is 0 Å². The molecule has 1 aromatic heterocycles. The summed E-state index contributed by atoms with van der Waals surface area (Å²) in [5, 5.41) is 12.7. The van der Waals surface area contributed by atoms with E-state index in [1.165, 1.54) is 12.1 Å². The summed E-state index contributed by atoms with van der Waals surface area (Å²) in [5.74, 6) is 0.405. The van der Waals surface area contributed by atoms with E-state index in [0.29, 0.717) is 17.5 Å². The van der Waals surface area contributed by atoms with E-state index >= 15 is 0 Å². The van der Waals surface area contributed by atoms with Crippen LogP contribution < -0.4 is 4.74 Å². The maximum absolute atomic E-state index is 10.8. The summed E-state index contributed by atoms with van der Waals surface area (Å²) < 4.78 is 10.6. The number of aromatic carboxylic acids is 1. The molecule has 6 heteroatoms. The zero-order valence-electron chi connectivity index (χ0n) is 11.5. The lowest BCUT2D eigenvalue weighted by molar-refractivity contribution is 0.0697. The third-order valence-electron chi connectivity index (χ3n) is 2.96. The molecule has 22 heavy (non-hydrogen) atoms. The average Bonchev–Trinajstić information content (AvgIpc) is 3.03.